The Morgan fingerprint density at radius 2 is 2.05 bits per heavy atom. The standard InChI is InChI=1S/C14H16ClN3O/c1-2-7-18-14(12(15)9-17-18)13(19)8-10-3-5-11(16)6-4-10/h3-6,9H,2,7-8,16H2,1H3. The molecular formula is C14H16ClN3O. The summed E-state index contributed by atoms with van der Waals surface area (Å²) in [5.41, 5.74) is 7.71. The molecule has 5 heteroatoms. The predicted octanol–water partition coefficient (Wildman–Crippen LogP) is 2.95. The van der Waals surface area contributed by atoms with Crippen molar-refractivity contribution in [2.75, 3.05) is 5.73 Å². The number of nitrogen functional groups attached to an aromatic ring is 1. The average Bonchev–Trinajstić information content (AvgIpc) is 2.74. The second kappa shape index (κ2) is 5.89. The van der Waals surface area contributed by atoms with Crippen LogP contribution in [0.1, 0.15) is 29.4 Å². The smallest absolute Gasteiger partial charge is 0.186 e. The SMILES string of the molecule is CCCn1ncc(Cl)c1C(=O)Cc1ccc(N)cc1. The Kier molecular flexibility index (Phi) is 4.22. The van der Waals surface area contributed by atoms with Gasteiger partial charge in [-0.15, -0.1) is 0 Å². The molecule has 0 bridgehead atoms. The molecule has 0 saturated carbocycles. The van der Waals surface area contributed by atoms with E-state index in [-0.39, 0.29) is 5.78 Å². The van der Waals surface area contributed by atoms with Crippen LogP contribution in [0.2, 0.25) is 5.02 Å². The summed E-state index contributed by atoms with van der Waals surface area (Å²) in [7, 11) is 0. The lowest BCUT2D eigenvalue weighted by Crippen LogP contribution is -2.13. The van der Waals surface area contributed by atoms with Gasteiger partial charge in [0.1, 0.15) is 5.69 Å². The maximum absolute atomic E-state index is 12.3. The highest BCUT2D eigenvalue weighted by Gasteiger charge is 2.17. The summed E-state index contributed by atoms with van der Waals surface area (Å²) in [5, 5.41) is 4.54. The van der Waals surface area contributed by atoms with Crippen LogP contribution in [-0.4, -0.2) is 15.6 Å². The Morgan fingerprint density at radius 3 is 2.68 bits per heavy atom. The summed E-state index contributed by atoms with van der Waals surface area (Å²) in [4.78, 5) is 12.3. The molecule has 1 heterocycles. The normalized spacial score (nSPS) is 10.6. The van der Waals surface area contributed by atoms with Crippen molar-refractivity contribution in [3.63, 3.8) is 0 Å². The molecule has 0 unspecified atom stereocenters. The van der Waals surface area contributed by atoms with Crippen molar-refractivity contribution >= 4 is 23.1 Å². The summed E-state index contributed by atoms with van der Waals surface area (Å²) < 4.78 is 1.67. The average molecular weight is 278 g/mol. The van der Waals surface area contributed by atoms with Crippen LogP contribution >= 0.6 is 11.6 Å². The van der Waals surface area contributed by atoms with E-state index in [9.17, 15) is 4.79 Å². The van der Waals surface area contributed by atoms with Crippen molar-refractivity contribution in [2.45, 2.75) is 26.3 Å². The molecule has 0 saturated heterocycles. The first-order valence-corrected chi connectivity index (χ1v) is 6.58. The number of aryl methyl sites for hydroxylation is 1. The molecule has 4 nitrogen and oxygen atoms in total. The minimum absolute atomic E-state index is 0.0271. The Bertz CT molecular complexity index is 575. The Morgan fingerprint density at radius 1 is 1.37 bits per heavy atom. The van der Waals surface area contributed by atoms with Gasteiger partial charge in [0.25, 0.3) is 0 Å². The van der Waals surface area contributed by atoms with E-state index >= 15 is 0 Å². The summed E-state index contributed by atoms with van der Waals surface area (Å²) >= 11 is 6.04. The van der Waals surface area contributed by atoms with Gasteiger partial charge in [-0.2, -0.15) is 5.10 Å². The highest BCUT2D eigenvalue weighted by Crippen LogP contribution is 2.18. The number of aromatic nitrogens is 2. The van der Waals surface area contributed by atoms with Gasteiger partial charge in [0.05, 0.1) is 11.2 Å². The second-order valence-corrected chi connectivity index (χ2v) is 4.81. The van der Waals surface area contributed by atoms with Crippen molar-refractivity contribution in [2.24, 2.45) is 0 Å². The van der Waals surface area contributed by atoms with Crippen molar-refractivity contribution in [3.8, 4) is 0 Å². The van der Waals surface area contributed by atoms with Gasteiger partial charge in [-0.1, -0.05) is 30.7 Å². The van der Waals surface area contributed by atoms with Crippen LogP contribution in [0, 0.1) is 0 Å². The van der Waals surface area contributed by atoms with Gasteiger partial charge in [-0.25, -0.2) is 0 Å². The van der Waals surface area contributed by atoms with Crippen molar-refractivity contribution in [1.82, 2.24) is 9.78 Å². The van der Waals surface area contributed by atoms with Crippen LogP contribution in [-0.2, 0) is 13.0 Å². The second-order valence-electron chi connectivity index (χ2n) is 4.41. The Labute approximate surface area is 117 Å². The zero-order chi connectivity index (χ0) is 13.8. The highest BCUT2D eigenvalue weighted by molar-refractivity contribution is 6.33. The van der Waals surface area contributed by atoms with Gasteiger partial charge in [0.15, 0.2) is 5.78 Å². The minimum Gasteiger partial charge on any atom is -0.399 e. The fourth-order valence-corrected chi connectivity index (χ4v) is 2.17. The number of benzene rings is 1. The molecular weight excluding hydrogens is 262 g/mol. The molecule has 2 rings (SSSR count). The molecule has 1 aromatic heterocycles. The molecule has 2 aromatic rings. The zero-order valence-corrected chi connectivity index (χ0v) is 11.5. The van der Waals surface area contributed by atoms with Crippen molar-refractivity contribution in [1.29, 1.82) is 0 Å². The van der Waals surface area contributed by atoms with Gasteiger partial charge in [-0.3, -0.25) is 9.48 Å². The number of carbonyl (C=O) groups is 1. The maximum Gasteiger partial charge on any atom is 0.186 e. The summed E-state index contributed by atoms with van der Waals surface area (Å²) in [6, 6.07) is 7.27. The lowest BCUT2D eigenvalue weighted by Gasteiger charge is -2.06. The van der Waals surface area contributed by atoms with Crippen LogP contribution in [0.15, 0.2) is 30.5 Å². The van der Waals surface area contributed by atoms with E-state index in [4.69, 9.17) is 17.3 Å². The lowest BCUT2D eigenvalue weighted by molar-refractivity contribution is 0.0982. The Hall–Kier alpha value is -1.81. The van der Waals surface area contributed by atoms with E-state index in [1.54, 1.807) is 16.8 Å². The zero-order valence-electron chi connectivity index (χ0n) is 10.8. The predicted molar refractivity (Wildman–Crippen MR) is 76.4 cm³/mol. The molecule has 1 aromatic carbocycles. The van der Waals surface area contributed by atoms with Gasteiger partial charge >= 0.3 is 0 Å². The number of nitrogens with zero attached hydrogens (tertiary/aromatic N) is 2. The van der Waals surface area contributed by atoms with Gasteiger partial charge in [-0.05, 0) is 24.1 Å². The number of nitrogens with two attached hydrogens (primary N) is 1. The third-order valence-corrected chi connectivity index (χ3v) is 3.12. The van der Waals surface area contributed by atoms with E-state index in [0.717, 1.165) is 12.0 Å². The van der Waals surface area contributed by atoms with E-state index < -0.39 is 0 Å². The number of hydrogen-bond donors (Lipinski definition) is 1. The molecule has 0 atom stereocenters. The third-order valence-electron chi connectivity index (χ3n) is 2.84. The van der Waals surface area contributed by atoms with Gasteiger partial charge < -0.3 is 5.73 Å². The van der Waals surface area contributed by atoms with E-state index in [1.807, 2.05) is 19.1 Å². The Balaban J connectivity index is 2.20. The minimum atomic E-state index is -0.0271. The highest BCUT2D eigenvalue weighted by atomic mass is 35.5. The van der Waals surface area contributed by atoms with Crippen molar-refractivity contribution in [3.05, 3.63) is 46.7 Å². The number of halogens is 1. The quantitative estimate of drug-likeness (QED) is 0.675. The largest absolute Gasteiger partial charge is 0.399 e. The monoisotopic (exact) mass is 277 g/mol. The summed E-state index contributed by atoms with van der Waals surface area (Å²) in [6.45, 7) is 2.72. The van der Waals surface area contributed by atoms with Crippen LogP contribution < -0.4 is 5.73 Å². The molecule has 2 N–H and O–H groups in total. The fourth-order valence-electron chi connectivity index (χ4n) is 1.93. The number of anilines is 1. The van der Waals surface area contributed by atoms with Gasteiger partial charge in [0.2, 0.25) is 0 Å². The molecule has 19 heavy (non-hydrogen) atoms. The summed E-state index contributed by atoms with van der Waals surface area (Å²) in [5.74, 6) is -0.0271. The van der Waals surface area contributed by atoms with E-state index in [1.165, 1.54) is 6.20 Å². The van der Waals surface area contributed by atoms with E-state index in [0.29, 0.717) is 29.4 Å². The molecule has 0 radical (unpaired) electrons. The maximum atomic E-state index is 12.3. The molecule has 0 amide bonds. The number of carbonyl (C=O) groups excluding carboxylic acids is 1. The topological polar surface area (TPSA) is 60.9 Å². The van der Waals surface area contributed by atoms with Gasteiger partial charge in [0, 0.05) is 18.7 Å². The van der Waals surface area contributed by atoms with Crippen LogP contribution in [0.3, 0.4) is 0 Å². The first-order valence-electron chi connectivity index (χ1n) is 6.20. The van der Waals surface area contributed by atoms with Crippen molar-refractivity contribution < 1.29 is 4.79 Å². The molecule has 0 aliphatic carbocycles. The summed E-state index contributed by atoms with van der Waals surface area (Å²) in [6.07, 6.45) is 2.73. The molecule has 0 aliphatic heterocycles. The molecule has 100 valence electrons. The fraction of sp³-hybridized carbons (Fsp3) is 0.286. The number of Topliss-reactive ketones (excluding diaryl/α,β-unsaturated/α-hetero) is 1. The first kappa shape index (κ1) is 13.6. The van der Waals surface area contributed by atoms with E-state index in [2.05, 4.69) is 5.10 Å². The van der Waals surface area contributed by atoms with Crippen LogP contribution in [0.5, 0.6) is 0 Å². The number of rotatable bonds is 5. The van der Waals surface area contributed by atoms with Crippen LogP contribution in [0.4, 0.5) is 5.69 Å². The lowest BCUT2D eigenvalue weighted by atomic mass is 10.1. The molecule has 0 fully saturated rings. The molecule has 0 aliphatic rings. The third kappa shape index (κ3) is 3.15. The number of hydrogen-bond acceptors (Lipinski definition) is 3. The molecule has 0 spiro atoms. The first-order chi connectivity index (χ1) is 9.11. The number of ketones is 1. The van der Waals surface area contributed by atoms with Crippen LogP contribution in [0.25, 0.3) is 0 Å².